The molecule has 3 aromatic rings. The predicted octanol–water partition coefficient (Wildman–Crippen LogP) is 3.90. The molecule has 4 rings (SSSR count). The molecule has 1 fully saturated rings. The van der Waals surface area contributed by atoms with Crippen LogP contribution in [-0.4, -0.2) is 40.6 Å². The topological polar surface area (TPSA) is 58.1 Å². The summed E-state index contributed by atoms with van der Waals surface area (Å²) in [5.41, 5.74) is 1.03. The van der Waals surface area contributed by atoms with Gasteiger partial charge in [-0.2, -0.15) is 0 Å². The Bertz CT molecular complexity index is 912. The Balaban J connectivity index is 1.33. The van der Waals surface area contributed by atoms with Crippen LogP contribution in [0.15, 0.2) is 42.5 Å². The molecule has 1 aromatic heterocycles. The maximum absolute atomic E-state index is 12.5. The van der Waals surface area contributed by atoms with Gasteiger partial charge in [0.2, 0.25) is 11.0 Å². The van der Waals surface area contributed by atoms with Crippen LogP contribution < -0.4 is 5.32 Å². The quantitative estimate of drug-likeness (QED) is 0.705. The molecule has 140 valence electrons. The van der Waals surface area contributed by atoms with E-state index in [0.29, 0.717) is 11.6 Å². The fourth-order valence-corrected chi connectivity index (χ4v) is 4.37. The van der Waals surface area contributed by atoms with E-state index < -0.39 is 0 Å². The van der Waals surface area contributed by atoms with Crippen LogP contribution in [0.4, 0.5) is 5.13 Å². The van der Waals surface area contributed by atoms with E-state index in [-0.39, 0.29) is 5.91 Å². The molecule has 2 heterocycles. The van der Waals surface area contributed by atoms with Gasteiger partial charge in [-0.25, -0.2) is 0 Å². The number of aromatic nitrogens is 2. The summed E-state index contributed by atoms with van der Waals surface area (Å²) in [7, 11) is 0. The Morgan fingerprint density at radius 3 is 2.74 bits per heavy atom. The highest BCUT2D eigenvalue weighted by Gasteiger charge is 2.13. The van der Waals surface area contributed by atoms with Crippen molar-refractivity contribution in [3.8, 4) is 0 Å². The third-order valence-electron chi connectivity index (χ3n) is 5.03. The summed E-state index contributed by atoms with van der Waals surface area (Å²) in [4.78, 5) is 14.9. The molecule has 0 spiro atoms. The molecule has 1 N–H and O–H groups in total. The molecule has 0 bridgehead atoms. The standard InChI is InChI=1S/C21H24N4OS/c26-19(15-17-9-6-8-16-7-2-3-10-18(16)17)22-21-24-23-20(27-21)11-14-25-12-4-1-5-13-25/h2-3,6-10H,1,4-5,11-15H2,(H,22,24,26). The molecule has 0 aliphatic carbocycles. The van der Waals surface area contributed by atoms with E-state index >= 15 is 0 Å². The number of nitrogens with one attached hydrogen (secondary N) is 1. The highest BCUT2D eigenvalue weighted by atomic mass is 32.1. The highest BCUT2D eigenvalue weighted by molar-refractivity contribution is 7.15. The number of nitrogens with zero attached hydrogens (tertiary/aromatic N) is 3. The van der Waals surface area contributed by atoms with Crippen LogP contribution in [0, 0.1) is 0 Å². The molecule has 6 heteroatoms. The van der Waals surface area contributed by atoms with E-state index in [1.54, 1.807) is 0 Å². The van der Waals surface area contributed by atoms with Crippen LogP contribution in [0.2, 0.25) is 0 Å². The molecule has 0 unspecified atom stereocenters. The number of hydrogen-bond acceptors (Lipinski definition) is 5. The Kier molecular flexibility index (Phi) is 5.75. The Labute approximate surface area is 163 Å². The SMILES string of the molecule is O=C(Cc1cccc2ccccc12)Nc1nnc(CCN2CCCCC2)s1. The number of rotatable bonds is 6. The van der Waals surface area contributed by atoms with Gasteiger partial charge < -0.3 is 10.2 Å². The van der Waals surface area contributed by atoms with E-state index in [4.69, 9.17) is 0 Å². The van der Waals surface area contributed by atoms with Crippen molar-refractivity contribution in [2.45, 2.75) is 32.1 Å². The Morgan fingerprint density at radius 1 is 1.04 bits per heavy atom. The van der Waals surface area contributed by atoms with E-state index in [9.17, 15) is 4.79 Å². The van der Waals surface area contributed by atoms with Gasteiger partial charge in [-0.15, -0.1) is 10.2 Å². The smallest absolute Gasteiger partial charge is 0.230 e. The van der Waals surface area contributed by atoms with Crippen molar-refractivity contribution in [2.24, 2.45) is 0 Å². The van der Waals surface area contributed by atoms with Gasteiger partial charge in [0.25, 0.3) is 0 Å². The Morgan fingerprint density at radius 2 is 1.85 bits per heavy atom. The number of carbonyl (C=O) groups is 1. The van der Waals surface area contributed by atoms with Crippen LogP contribution in [0.1, 0.15) is 29.8 Å². The molecule has 2 aromatic carbocycles. The van der Waals surface area contributed by atoms with Gasteiger partial charge >= 0.3 is 0 Å². The monoisotopic (exact) mass is 380 g/mol. The zero-order valence-electron chi connectivity index (χ0n) is 15.4. The molecule has 1 saturated heterocycles. The van der Waals surface area contributed by atoms with Crippen molar-refractivity contribution >= 4 is 33.1 Å². The molecular formula is C21H24N4OS. The van der Waals surface area contributed by atoms with Crippen LogP contribution in [-0.2, 0) is 17.6 Å². The van der Waals surface area contributed by atoms with Crippen molar-refractivity contribution in [3.05, 3.63) is 53.0 Å². The summed E-state index contributed by atoms with van der Waals surface area (Å²) < 4.78 is 0. The molecule has 0 radical (unpaired) electrons. The minimum absolute atomic E-state index is 0.0508. The third kappa shape index (κ3) is 4.70. The number of benzene rings is 2. The maximum Gasteiger partial charge on any atom is 0.230 e. The first-order valence-electron chi connectivity index (χ1n) is 9.59. The molecular weight excluding hydrogens is 356 g/mol. The fourth-order valence-electron chi connectivity index (χ4n) is 3.62. The van der Waals surface area contributed by atoms with Gasteiger partial charge in [-0.1, -0.05) is 60.2 Å². The first-order chi connectivity index (χ1) is 13.3. The third-order valence-corrected chi connectivity index (χ3v) is 5.93. The summed E-state index contributed by atoms with van der Waals surface area (Å²) in [5.74, 6) is -0.0508. The van der Waals surface area contributed by atoms with Crippen molar-refractivity contribution in [1.82, 2.24) is 15.1 Å². The number of carbonyl (C=O) groups excluding carboxylic acids is 1. The number of hydrogen-bond donors (Lipinski definition) is 1. The Hall–Kier alpha value is -2.31. The number of piperidine rings is 1. The maximum atomic E-state index is 12.5. The molecule has 1 amide bonds. The average Bonchev–Trinajstić information content (AvgIpc) is 3.15. The lowest BCUT2D eigenvalue weighted by Crippen LogP contribution is -2.31. The molecule has 27 heavy (non-hydrogen) atoms. The zero-order chi connectivity index (χ0) is 18.5. The number of likely N-dealkylation sites (tertiary alicyclic amines) is 1. The number of amides is 1. The van der Waals surface area contributed by atoms with Crippen LogP contribution in [0.3, 0.4) is 0 Å². The largest absolute Gasteiger partial charge is 0.303 e. The van der Waals surface area contributed by atoms with Crippen LogP contribution >= 0.6 is 11.3 Å². The van der Waals surface area contributed by atoms with Crippen LogP contribution in [0.5, 0.6) is 0 Å². The fraction of sp³-hybridized carbons (Fsp3) is 0.381. The van der Waals surface area contributed by atoms with Gasteiger partial charge in [0.05, 0.1) is 6.42 Å². The van der Waals surface area contributed by atoms with Gasteiger partial charge in [0.1, 0.15) is 5.01 Å². The van der Waals surface area contributed by atoms with E-state index in [1.807, 2.05) is 24.3 Å². The van der Waals surface area contributed by atoms with E-state index in [2.05, 4.69) is 38.6 Å². The number of fused-ring (bicyclic) bond motifs is 1. The second-order valence-electron chi connectivity index (χ2n) is 7.02. The van der Waals surface area contributed by atoms with Gasteiger partial charge in [0, 0.05) is 13.0 Å². The van der Waals surface area contributed by atoms with E-state index in [1.165, 1.54) is 43.7 Å². The first kappa shape index (κ1) is 18.1. The van der Waals surface area contributed by atoms with Crippen LogP contribution in [0.25, 0.3) is 10.8 Å². The molecule has 1 aliphatic heterocycles. The minimum atomic E-state index is -0.0508. The summed E-state index contributed by atoms with van der Waals surface area (Å²) in [5, 5.41) is 15.1. The second-order valence-corrected chi connectivity index (χ2v) is 8.08. The lowest BCUT2D eigenvalue weighted by atomic mass is 10.0. The highest BCUT2D eigenvalue weighted by Crippen LogP contribution is 2.21. The minimum Gasteiger partial charge on any atom is -0.303 e. The lowest BCUT2D eigenvalue weighted by molar-refractivity contribution is -0.115. The van der Waals surface area contributed by atoms with Gasteiger partial charge in [-0.05, 0) is 42.3 Å². The lowest BCUT2D eigenvalue weighted by Gasteiger charge is -2.25. The summed E-state index contributed by atoms with van der Waals surface area (Å²) in [6.45, 7) is 3.40. The van der Waals surface area contributed by atoms with Crippen molar-refractivity contribution in [2.75, 3.05) is 25.0 Å². The first-order valence-corrected chi connectivity index (χ1v) is 10.4. The molecule has 0 atom stereocenters. The van der Waals surface area contributed by atoms with Gasteiger partial charge in [-0.3, -0.25) is 4.79 Å². The summed E-state index contributed by atoms with van der Waals surface area (Å²) in [6.07, 6.45) is 5.18. The predicted molar refractivity (Wildman–Crippen MR) is 110 cm³/mol. The summed E-state index contributed by atoms with van der Waals surface area (Å²) >= 11 is 1.48. The normalized spacial score (nSPS) is 15.1. The van der Waals surface area contributed by atoms with Crippen molar-refractivity contribution in [3.63, 3.8) is 0 Å². The second kappa shape index (κ2) is 8.59. The van der Waals surface area contributed by atoms with E-state index in [0.717, 1.165) is 34.3 Å². The summed E-state index contributed by atoms with van der Waals surface area (Å²) in [6, 6.07) is 14.2. The van der Waals surface area contributed by atoms with Crippen molar-refractivity contribution in [1.29, 1.82) is 0 Å². The average molecular weight is 381 g/mol. The van der Waals surface area contributed by atoms with Gasteiger partial charge in [0.15, 0.2) is 0 Å². The molecule has 1 aliphatic rings. The molecule has 5 nitrogen and oxygen atoms in total. The zero-order valence-corrected chi connectivity index (χ0v) is 16.2. The molecule has 0 saturated carbocycles. The number of anilines is 1. The van der Waals surface area contributed by atoms with Crippen molar-refractivity contribution < 1.29 is 4.79 Å².